The Kier molecular flexibility index (Phi) is 11.6. The number of ether oxygens (including phenoxy) is 1. The third-order valence-electron chi connectivity index (χ3n) is 3.44. The van der Waals surface area contributed by atoms with Gasteiger partial charge in [-0.05, 0) is 38.3 Å². The fourth-order valence-electron chi connectivity index (χ4n) is 1.70. The van der Waals surface area contributed by atoms with Gasteiger partial charge in [-0.15, -0.1) is 0 Å². The van der Waals surface area contributed by atoms with Crippen LogP contribution in [-0.4, -0.2) is 55.6 Å². The molecule has 4 nitrogen and oxygen atoms in total. The molecule has 0 aliphatic rings. The molecule has 0 aliphatic carbocycles. The summed E-state index contributed by atoms with van der Waals surface area (Å²) in [5.74, 6) is 1.83. The monoisotopic (exact) mass is 292 g/mol. The lowest BCUT2D eigenvalue weighted by molar-refractivity contribution is -0.110. The predicted octanol–water partition coefficient (Wildman–Crippen LogP) is 2.05. The molecular formula is C14H32N2O2S. The summed E-state index contributed by atoms with van der Waals surface area (Å²) in [6.07, 6.45) is 5.41. The van der Waals surface area contributed by atoms with E-state index in [4.69, 9.17) is 4.74 Å². The van der Waals surface area contributed by atoms with Crippen LogP contribution in [0.3, 0.4) is 0 Å². The van der Waals surface area contributed by atoms with Crippen LogP contribution in [0.4, 0.5) is 0 Å². The molecule has 19 heavy (non-hydrogen) atoms. The summed E-state index contributed by atoms with van der Waals surface area (Å²) in [5, 5.41) is 3.12. The Morgan fingerprint density at radius 2 is 2.11 bits per heavy atom. The van der Waals surface area contributed by atoms with Gasteiger partial charge in [0.2, 0.25) is 0 Å². The molecule has 0 radical (unpaired) electrons. The summed E-state index contributed by atoms with van der Waals surface area (Å²) >= 11 is -0.143. The molecule has 0 aromatic rings. The van der Waals surface area contributed by atoms with Crippen LogP contribution in [0.2, 0.25) is 0 Å². The van der Waals surface area contributed by atoms with Crippen LogP contribution in [0.25, 0.3) is 0 Å². The Hall–Kier alpha value is -0.100. The molecule has 0 fully saturated rings. The van der Waals surface area contributed by atoms with Crippen molar-refractivity contribution in [3.63, 3.8) is 0 Å². The van der Waals surface area contributed by atoms with Gasteiger partial charge in [0.1, 0.15) is 6.29 Å². The summed E-state index contributed by atoms with van der Waals surface area (Å²) < 4.78 is 7.66. The van der Waals surface area contributed by atoms with Crippen molar-refractivity contribution >= 4 is 17.4 Å². The predicted molar refractivity (Wildman–Crippen MR) is 86.0 cm³/mol. The summed E-state index contributed by atoms with van der Waals surface area (Å²) in [6.45, 7) is 8.76. The smallest absolute Gasteiger partial charge is 0.136 e. The van der Waals surface area contributed by atoms with Crippen molar-refractivity contribution in [3.8, 4) is 0 Å². The Balaban J connectivity index is 3.90. The maximum atomic E-state index is 11.0. The zero-order chi connectivity index (χ0) is 14.7. The Morgan fingerprint density at radius 3 is 2.63 bits per heavy atom. The number of carbonyl (C=O) groups is 1. The highest BCUT2D eigenvalue weighted by Gasteiger charge is 2.12. The second-order valence-corrected chi connectivity index (χ2v) is 7.55. The maximum absolute atomic E-state index is 11.0. The quantitative estimate of drug-likeness (QED) is 0.250. The van der Waals surface area contributed by atoms with Crippen molar-refractivity contribution in [2.45, 2.75) is 39.7 Å². The first-order valence-corrected chi connectivity index (χ1v) is 9.16. The van der Waals surface area contributed by atoms with Crippen LogP contribution >= 0.6 is 11.1 Å². The molecule has 0 rings (SSSR count). The number of rotatable bonds is 12. The zero-order valence-corrected chi connectivity index (χ0v) is 14.1. The molecule has 0 bridgehead atoms. The molecule has 5 heteroatoms. The van der Waals surface area contributed by atoms with Gasteiger partial charge in [-0.2, -0.15) is 0 Å². The van der Waals surface area contributed by atoms with Crippen molar-refractivity contribution in [1.29, 1.82) is 0 Å². The molecule has 0 saturated heterocycles. The van der Waals surface area contributed by atoms with E-state index in [-0.39, 0.29) is 17.1 Å². The first kappa shape index (κ1) is 18.9. The molecule has 116 valence electrons. The van der Waals surface area contributed by atoms with Gasteiger partial charge in [0.05, 0.1) is 12.8 Å². The summed E-state index contributed by atoms with van der Waals surface area (Å²) in [6, 6.07) is -0.0755. The number of aldehydes is 1. The minimum Gasteiger partial charge on any atom is -0.367 e. The molecule has 0 amide bonds. The third-order valence-corrected chi connectivity index (χ3v) is 5.67. The van der Waals surface area contributed by atoms with Gasteiger partial charge in [0, 0.05) is 13.2 Å². The van der Waals surface area contributed by atoms with Crippen LogP contribution in [0.15, 0.2) is 0 Å². The van der Waals surface area contributed by atoms with Gasteiger partial charge >= 0.3 is 0 Å². The Labute approximate surface area is 121 Å². The fourth-order valence-corrected chi connectivity index (χ4v) is 3.25. The number of thiol groups is 1. The van der Waals surface area contributed by atoms with Gasteiger partial charge in [0.15, 0.2) is 0 Å². The average Bonchev–Trinajstić information content (AvgIpc) is 2.41. The molecule has 0 aliphatic heterocycles. The van der Waals surface area contributed by atoms with E-state index in [9.17, 15) is 4.79 Å². The lowest BCUT2D eigenvalue weighted by atomic mass is 10.1. The minimum atomic E-state index is -0.143. The van der Waals surface area contributed by atoms with Crippen LogP contribution in [0.1, 0.15) is 33.6 Å². The molecular weight excluding hydrogens is 260 g/mol. The van der Waals surface area contributed by atoms with Crippen LogP contribution in [0, 0.1) is 5.92 Å². The van der Waals surface area contributed by atoms with E-state index in [2.05, 4.69) is 36.8 Å². The van der Waals surface area contributed by atoms with Gasteiger partial charge in [-0.25, -0.2) is 11.1 Å². The molecule has 0 heterocycles. The van der Waals surface area contributed by atoms with E-state index in [1.807, 2.05) is 6.92 Å². The van der Waals surface area contributed by atoms with Crippen LogP contribution in [-0.2, 0) is 9.53 Å². The fraction of sp³-hybridized carbons (Fsp3) is 0.929. The van der Waals surface area contributed by atoms with Crippen molar-refractivity contribution in [2.24, 2.45) is 5.92 Å². The van der Waals surface area contributed by atoms with Gasteiger partial charge in [-0.3, -0.25) is 9.62 Å². The van der Waals surface area contributed by atoms with E-state index < -0.39 is 0 Å². The standard InChI is InChI=1S/C14H32N2O2S/c1-6-13(3)10-16(4)19(5)9-8-14(11-17)15-12-18-7-2/h11,13-15,19H,6-10,12H2,1-5H3. The van der Waals surface area contributed by atoms with E-state index in [0.717, 1.165) is 30.9 Å². The first-order valence-electron chi connectivity index (χ1n) is 7.23. The van der Waals surface area contributed by atoms with Crippen molar-refractivity contribution in [3.05, 3.63) is 0 Å². The lowest BCUT2D eigenvalue weighted by Crippen LogP contribution is -2.34. The number of nitrogens with zero attached hydrogens (tertiary/aromatic N) is 1. The largest absolute Gasteiger partial charge is 0.367 e. The maximum Gasteiger partial charge on any atom is 0.136 e. The van der Waals surface area contributed by atoms with Gasteiger partial charge < -0.3 is 9.53 Å². The molecule has 3 atom stereocenters. The van der Waals surface area contributed by atoms with E-state index >= 15 is 0 Å². The average molecular weight is 292 g/mol. The summed E-state index contributed by atoms with van der Waals surface area (Å²) in [5.41, 5.74) is 0. The molecule has 3 unspecified atom stereocenters. The minimum absolute atomic E-state index is 0.0755. The van der Waals surface area contributed by atoms with E-state index in [1.165, 1.54) is 6.42 Å². The topological polar surface area (TPSA) is 41.6 Å². The lowest BCUT2D eigenvalue weighted by Gasteiger charge is -2.31. The number of hydrogen-bond acceptors (Lipinski definition) is 4. The normalized spacial score (nSPS) is 17.3. The van der Waals surface area contributed by atoms with Crippen LogP contribution < -0.4 is 5.32 Å². The Morgan fingerprint density at radius 1 is 1.42 bits per heavy atom. The highest BCUT2D eigenvalue weighted by Crippen LogP contribution is 2.26. The Bertz CT molecular complexity index is 229. The third kappa shape index (κ3) is 9.44. The number of nitrogens with one attached hydrogen (secondary N) is 1. The first-order chi connectivity index (χ1) is 9.04. The van der Waals surface area contributed by atoms with Gasteiger partial charge in [-0.1, -0.05) is 20.3 Å². The number of carbonyl (C=O) groups excluding carboxylic acids is 1. The van der Waals surface area contributed by atoms with Gasteiger partial charge in [0.25, 0.3) is 0 Å². The second-order valence-electron chi connectivity index (χ2n) is 5.11. The van der Waals surface area contributed by atoms with Crippen molar-refractivity contribution < 1.29 is 9.53 Å². The highest BCUT2D eigenvalue weighted by molar-refractivity contribution is 8.14. The zero-order valence-electron chi connectivity index (χ0n) is 13.2. The van der Waals surface area contributed by atoms with Crippen LogP contribution in [0.5, 0.6) is 0 Å². The highest BCUT2D eigenvalue weighted by atomic mass is 32.2. The summed E-state index contributed by atoms with van der Waals surface area (Å²) in [4.78, 5) is 11.0. The SMILES string of the molecule is CCOCNC(C=O)CC[SH](C)N(C)CC(C)CC. The van der Waals surface area contributed by atoms with E-state index in [0.29, 0.717) is 13.3 Å². The van der Waals surface area contributed by atoms with Crippen molar-refractivity contribution in [2.75, 3.05) is 38.9 Å². The van der Waals surface area contributed by atoms with Crippen molar-refractivity contribution in [1.82, 2.24) is 9.62 Å². The molecule has 0 aromatic heterocycles. The molecule has 1 N–H and O–H groups in total. The summed E-state index contributed by atoms with van der Waals surface area (Å²) in [7, 11) is 2.20. The molecule has 0 spiro atoms. The second kappa shape index (κ2) is 11.7. The molecule has 0 aromatic carbocycles. The molecule has 0 saturated carbocycles. The van der Waals surface area contributed by atoms with E-state index in [1.54, 1.807) is 0 Å². The number of hydrogen-bond donors (Lipinski definition) is 2.